The van der Waals surface area contributed by atoms with Crippen LogP contribution in [0.5, 0.6) is 0 Å². The molecule has 0 aromatic rings. The number of fused-ring (bicyclic) bond motifs is 4. The van der Waals surface area contributed by atoms with Gasteiger partial charge in [-0.15, -0.1) is 0 Å². The number of hydrogen-bond acceptors (Lipinski definition) is 4. The third kappa shape index (κ3) is 1.97. The number of carbonyl (C=O) groups excluding carboxylic acids is 2. The van der Waals surface area contributed by atoms with E-state index in [9.17, 15) is 9.59 Å². The molecule has 0 heterocycles. The Labute approximate surface area is 134 Å². The maximum absolute atomic E-state index is 12.9. The van der Waals surface area contributed by atoms with Crippen LogP contribution < -0.4 is 0 Å². The fraction of sp³-hybridized carbons (Fsp3) is 0.882. The molecule has 3 saturated carbocycles. The molecule has 0 aliphatic heterocycles. The molecule has 0 saturated heterocycles. The molecule has 3 fully saturated rings. The summed E-state index contributed by atoms with van der Waals surface area (Å²) in [5.74, 6) is 0.166. The van der Waals surface area contributed by atoms with Crippen molar-refractivity contribution in [2.75, 3.05) is 6.61 Å². The van der Waals surface area contributed by atoms with E-state index in [4.69, 9.17) is 9.16 Å². The molecule has 0 N–H and O–H groups in total. The molecule has 0 aromatic heterocycles. The third-order valence-corrected chi connectivity index (χ3v) is 6.81. The zero-order valence-electron chi connectivity index (χ0n) is 14.2. The van der Waals surface area contributed by atoms with Crippen molar-refractivity contribution in [2.24, 2.45) is 17.3 Å². The zero-order valence-corrected chi connectivity index (χ0v) is 15.2. The van der Waals surface area contributed by atoms with Crippen LogP contribution in [0, 0.1) is 17.3 Å². The molecular weight excluding hydrogens is 296 g/mol. The second-order valence-electron chi connectivity index (χ2n) is 8.09. The van der Waals surface area contributed by atoms with E-state index in [1.54, 1.807) is 0 Å². The number of Topliss-reactive ketones (excluding diaryl/α,β-unsaturated/α-hetero) is 1. The largest absolute Gasteiger partial charge is 0.465 e. The van der Waals surface area contributed by atoms with E-state index < -0.39 is 19.3 Å². The fourth-order valence-electron chi connectivity index (χ4n) is 5.46. The summed E-state index contributed by atoms with van der Waals surface area (Å²) in [6.07, 6.45) is 5.23. The van der Waals surface area contributed by atoms with Crippen molar-refractivity contribution >= 4 is 20.1 Å². The molecule has 3 rings (SSSR count). The lowest BCUT2D eigenvalue weighted by Crippen LogP contribution is -2.77. The van der Waals surface area contributed by atoms with E-state index in [0.29, 0.717) is 13.0 Å². The van der Waals surface area contributed by atoms with Gasteiger partial charge in [-0.05, 0) is 51.7 Å². The fourth-order valence-corrected chi connectivity index (χ4v) is 6.98. The van der Waals surface area contributed by atoms with Crippen molar-refractivity contribution in [2.45, 2.75) is 70.7 Å². The number of hydrogen-bond donors (Lipinski definition) is 0. The summed E-state index contributed by atoms with van der Waals surface area (Å²) < 4.78 is 12.1. The normalized spacial score (nSPS) is 40.6. The smallest absolute Gasteiger partial charge is 0.315 e. The predicted molar refractivity (Wildman–Crippen MR) is 85.9 cm³/mol. The first kappa shape index (κ1) is 16.2. The highest BCUT2D eigenvalue weighted by Crippen LogP contribution is 2.71. The van der Waals surface area contributed by atoms with Crippen LogP contribution in [0.3, 0.4) is 0 Å². The van der Waals surface area contributed by atoms with Crippen LogP contribution in [0.2, 0.25) is 19.6 Å². The standard InChI is InChI=1S/C17H28O4Si/c1-5-20-15(19)16-10-6-7-11-17(16,21-22(2,3)4)12-8-9-13(18)14(12)16/h12,14H,5-11H2,1-4H3/t12-,14-,16-,17-/m0/s1. The van der Waals surface area contributed by atoms with E-state index >= 15 is 0 Å². The molecule has 0 radical (unpaired) electrons. The van der Waals surface area contributed by atoms with Crippen LogP contribution in [0.1, 0.15) is 45.4 Å². The van der Waals surface area contributed by atoms with Crippen molar-refractivity contribution in [3.63, 3.8) is 0 Å². The first-order chi connectivity index (χ1) is 10.3. The Balaban J connectivity index is 2.06. The molecule has 0 spiro atoms. The van der Waals surface area contributed by atoms with Crippen molar-refractivity contribution in [1.82, 2.24) is 0 Å². The van der Waals surface area contributed by atoms with Crippen LogP contribution in [0.25, 0.3) is 0 Å². The Kier molecular flexibility index (Phi) is 3.80. The van der Waals surface area contributed by atoms with Gasteiger partial charge in [0, 0.05) is 12.3 Å². The van der Waals surface area contributed by atoms with Gasteiger partial charge in [0.05, 0.1) is 12.2 Å². The van der Waals surface area contributed by atoms with Gasteiger partial charge >= 0.3 is 5.97 Å². The maximum atomic E-state index is 12.9. The third-order valence-electron chi connectivity index (χ3n) is 5.83. The lowest BCUT2D eigenvalue weighted by Gasteiger charge is -2.68. The van der Waals surface area contributed by atoms with Gasteiger partial charge in [0.2, 0.25) is 0 Å². The molecule has 4 nitrogen and oxygen atoms in total. The highest BCUT2D eigenvalue weighted by molar-refractivity contribution is 6.69. The van der Waals surface area contributed by atoms with Gasteiger partial charge in [-0.3, -0.25) is 9.59 Å². The van der Waals surface area contributed by atoms with Crippen LogP contribution >= 0.6 is 0 Å². The quantitative estimate of drug-likeness (QED) is 0.588. The first-order valence-electron chi connectivity index (χ1n) is 8.68. The summed E-state index contributed by atoms with van der Waals surface area (Å²) in [5, 5.41) is 0. The summed E-state index contributed by atoms with van der Waals surface area (Å²) >= 11 is 0. The van der Waals surface area contributed by atoms with E-state index in [0.717, 1.165) is 32.1 Å². The zero-order chi connectivity index (χ0) is 16.2. The monoisotopic (exact) mass is 324 g/mol. The lowest BCUT2D eigenvalue weighted by atomic mass is 9.40. The van der Waals surface area contributed by atoms with Crippen molar-refractivity contribution < 1.29 is 18.8 Å². The van der Waals surface area contributed by atoms with Gasteiger partial charge in [-0.25, -0.2) is 0 Å². The highest BCUT2D eigenvalue weighted by Gasteiger charge is 2.80. The second kappa shape index (κ2) is 5.16. The van der Waals surface area contributed by atoms with Gasteiger partial charge in [-0.2, -0.15) is 0 Å². The first-order valence-corrected chi connectivity index (χ1v) is 12.1. The Morgan fingerprint density at radius 2 is 1.95 bits per heavy atom. The lowest BCUT2D eigenvalue weighted by molar-refractivity contribution is -0.260. The molecule has 0 amide bonds. The minimum absolute atomic E-state index is 0.150. The van der Waals surface area contributed by atoms with Gasteiger partial charge in [-0.1, -0.05) is 12.8 Å². The number of esters is 1. The SMILES string of the molecule is CCOC(=O)[C@@]12CCCC[C@]1(O[Si](C)(C)C)[C@H]1CCC(=O)[C@H]12. The molecule has 0 unspecified atom stereocenters. The predicted octanol–water partition coefficient (Wildman–Crippen LogP) is 3.31. The van der Waals surface area contributed by atoms with Gasteiger partial charge in [0.25, 0.3) is 0 Å². The van der Waals surface area contributed by atoms with E-state index in [1.807, 2.05) is 6.92 Å². The van der Waals surface area contributed by atoms with Crippen molar-refractivity contribution in [1.29, 1.82) is 0 Å². The molecule has 124 valence electrons. The number of ketones is 1. The van der Waals surface area contributed by atoms with Crippen LogP contribution in [0.4, 0.5) is 0 Å². The van der Waals surface area contributed by atoms with E-state index in [-0.39, 0.29) is 23.6 Å². The molecule has 0 aromatic carbocycles. The summed E-state index contributed by atoms with van der Waals surface area (Å²) in [6.45, 7) is 8.74. The number of rotatable bonds is 4. The van der Waals surface area contributed by atoms with Crippen LogP contribution in [0.15, 0.2) is 0 Å². The Bertz CT molecular complexity index is 497. The average Bonchev–Trinajstić information content (AvgIpc) is 2.76. The van der Waals surface area contributed by atoms with Crippen LogP contribution in [-0.2, 0) is 18.8 Å². The number of ether oxygens (including phenoxy) is 1. The van der Waals surface area contributed by atoms with Crippen LogP contribution in [-0.4, -0.2) is 32.3 Å². The summed E-state index contributed by atoms with van der Waals surface area (Å²) in [5.41, 5.74) is -1.13. The van der Waals surface area contributed by atoms with Crippen molar-refractivity contribution in [3.8, 4) is 0 Å². The second-order valence-corrected chi connectivity index (χ2v) is 12.5. The molecule has 0 bridgehead atoms. The average molecular weight is 324 g/mol. The topological polar surface area (TPSA) is 52.6 Å². The Morgan fingerprint density at radius 3 is 2.59 bits per heavy atom. The number of carbonyl (C=O) groups is 2. The molecule has 3 aliphatic rings. The van der Waals surface area contributed by atoms with E-state index in [1.165, 1.54) is 0 Å². The summed E-state index contributed by atoms with van der Waals surface area (Å²) in [7, 11) is -1.82. The minimum atomic E-state index is -1.82. The Morgan fingerprint density at radius 1 is 1.27 bits per heavy atom. The van der Waals surface area contributed by atoms with E-state index in [2.05, 4.69) is 19.6 Å². The Hall–Kier alpha value is -0.683. The molecule has 3 aliphatic carbocycles. The molecule has 5 heteroatoms. The van der Waals surface area contributed by atoms with Gasteiger partial charge in [0.1, 0.15) is 11.2 Å². The maximum Gasteiger partial charge on any atom is 0.315 e. The van der Waals surface area contributed by atoms with Gasteiger partial charge < -0.3 is 9.16 Å². The highest BCUT2D eigenvalue weighted by atomic mass is 28.4. The molecular formula is C17H28O4Si. The summed E-state index contributed by atoms with van der Waals surface area (Å²) in [4.78, 5) is 25.4. The molecule has 4 atom stereocenters. The summed E-state index contributed by atoms with van der Waals surface area (Å²) in [6, 6.07) is 0. The minimum Gasteiger partial charge on any atom is -0.465 e. The van der Waals surface area contributed by atoms with Crippen molar-refractivity contribution in [3.05, 3.63) is 0 Å². The molecule has 22 heavy (non-hydrogen) atoms. The van der Waals surface area contributed by atoms with Gasteiger partial charge in [0.15, 0.2) is 8.32 Å².